The second-order valence-corrected chi connectivity index (χ2v) is 7.14. The number of halogens is 2. The molecule has 4 rings (SSSR count). The van der Waals surface area contributed by atoms with E-state index < -0.39 is 0 Å². The predicted molar refractivity (Wildman–Crippen MR) is 101 cm³/mol. The maximum absolute atomic E-state index is 6.25. The fourth-order valence-corrected chi connectivity index (χ4v) is 4.00. The molecule has 0 unspecified atom stereocenters. The standard InChI is InChI=1S/C19H18Cl2N4/c1-22-19-7-5-14(12-2-6-17(20)18(21)8-12)15-4-3-13(9-16(15)19)25-10-23-24-11-25/h2-4,6,8-11,14,19,22H,5,7H2,1H3/t14-,19-/m0/s1. The lowest BCUT2D eigenvalue weighted by Gasteiger charge is -2.32. The molecule has 1 heterocycles. The number of rotatable bonds is 3. The maximum atomic E-state index is 6.25. The normalized spacial score (nSPS) is 19.6. The van der Waals surface area contributed by atoms with Crippen LogP contribution in [0.5, 0.6) is 0 Å². The molecule has 2 atom stereocenters. The van der Waals surface area contributed by atoms with E-state index in [1.165, 1.54) is 16.7 Å². The van der Waals surface area contributed by atoms with Gasteiger partial charge in [0, 0.05) is 17.6 Å². The first-order valence-electron chi connectivity index (χ1n) is 8.28. The summed E-state index contributed by atoms with van der Waals surface area (Å²) in [5.41, 5.74) is 4.93. The molecule has 1 N–H and O–H groups in total. The van der Waals surface area contributed by atoms with E-state index in [4.69, 9.17) is 23.2 Å². The van der Waals surface area contributed by atoms with Gasteiger partial charge in [0.1, 0.15) is 12.7 Å². The van der Waals surface area contributed by atoms with E-state index in [-0.39, 0.29) is 0 Å². The van der Waals surface area contributed by atoms with Crippen LogP contribution in [0, 0.1) is 0 Å². The van der Waals surface area contributed by atoms with Crippen LogP contribution in [0.1, 0.15) is 41.5 Å². The Labute approximate surface area is 156 Å². The number of benzene rings is 2. The van der Waals surface area contributed by atoms with Crippen molar-refractivity contribution in [3.8, 4) is 5.69 Å². The van der Waals surface area contributed by atoms with E-state index in [9.17, 15) is 0 Å². The molecule has 0 saturated heterocycles. The van der Waals surface area contributed by atoms with Crippen LogP contribution in [0.2, 0.25) is 10.0 Å². The van der Waals surface area contributed by atoms with Crippen LogP contribution in [-0.2, 0) is 0 Å². The highest BCUT2D eigenvalue weighted by Gasteiger charge is 2.28. The third kappa shape index (κ3) is 3.06. The zero-order valence-electron chi connectivity index (χ0n) is 13.8. The molecule has 4 nitrogen and oxygen atoms in total. The van der Waals surface area contributed by atoms with Gasteiger partial charge in [-0.1, -0.05) is 35.3 Å². The predicted octanol–water partition coefficient (Wildman–Crippen LogP) is 4.76. The number of hydrogen-bond acceptors (Lipinski definition) is 3. The smallest absolute Gasteiger partial charge is 0.123 e. The molecule has 0 amide bonds. The molecule has 0 spiro atoms. The average molecular weight is 373 g/mol. The van der Waals surface area contributed by atoms with Crippen molar-refractivity contribution in [2.24, 2.45) is 0 Å². The molecule has 1 aliphatic carbocycles. The van der Waals surface area contributed by atoms with Crippen LogP contribution < -0.4 is 5.32 Å². The molecule has 25 heavy (non-hydrogen) atoms. The van der Waals surface area contributed by atoms with E-state index in [0.717, 1.165) is 18.5 Å². The first-order chi connectivity index (χ1) is 12.2. The van der Waals surface area contributed by atoms with E-state index in [1.807, 2.05) is 23.7 Å². The van der Waals surface area contributed by atoms with Gasteiger partial charge in [-0.2, -0.15) is 0 Å². The van der Waals surface area contributed by atoms with Gasteiger partial charge in [-0.3, -0.25) is 4.57 Å². The Hall–Kier alpha value is -1.88. The molecule has 0 bridgehead atoms. The molecular weight excluding hydrogens is 355 g/mol. The molecule has 3 aromatic rings. The molecule has 1 aliphatic rings. The van der Waals surface area contributed by atoms with Crippen molar-refractivity contribution in [1.82, 2.24) is 20.1 Å². The highest BCUT2D eigenvalue weighted by atomic mass is 35.5. The minimum Gasteiger partial charge on any atom is -0.313 e. The van der Waals surface area contributed by atoms with Crippen LogP contribution in [0.4, 0.5) is 0 Å². The third-order valence-corrected chi connectivity index (χ3v) is 5.72. The van der Waals surface area contributed by atoms with Crippen molar-refractivity contribution in [3.63, 3.8) is 0 Å². The molecule has 1 aromatic heterocycles. The first kappa shape index (κ1) is 16.6. The summed E-state index contributed by atoms with van der Waals surface area (Å²) in [6.07, 6.45) is 5.58. The summed E-state index contributed by atoms with van der Waals surface area (Å²) in [5.74, 6) is 0.323. The Morgan fingerprint density at radius 3 is 2.48 bits per heavy atom. The quantitative estimate of drug-likeness (QED) is 0.720. The summed E-state index contributed by atoms with van der Waals surface area (Å²) in [5, 5.41) is 12.4. The number of fused-ring (bicyclic) bond motifs is 1. The van der Waals surface area contributed by atoms with Crippen molar-refractivity contribution < 1.29 is 0 Å². The van der Waals surface area contributed by atoms with Gasteiger partial charge in [0.2, 0.25) is 0 Å². The largest absolute Gasteiger partial charge is 0.313 e. The summed E-state index contributed by atoms with van der Waals surface area (Å²) in [7, 11) is 2.01. The third-order valence-electron chi connectivity index (χ3n) is 4.98. The average Bonchev–Trinajstić information content (AvgIpc) is 3.17. The van der Waals surface area contributed by atoms with Crippen LogP contribution in [-0.4, -0.2) is 21.8 Å². The second-order valence-electron chi connectivity index (χ2n) is 6.33. The SMILES string of the molecule is CN[C@H]1CC[C@@H](c2ccc(Cl)c(Cl)c2)c2ccc(-n3cnnc3)cc21. The molecule has 128 valence electrons. The monoisotopic (exact) mass is 372 g/mol. The summed E-state index contributed by atoms with van der Waals surface area (Å²) >= 11 is 12.3. The van der Waals surface area contributed by atoms with E-state index in [1.54, 1.807) is 12.7 Å². The van der Waals surface area contributed by atoms with Crippen molar-refractivity contribution in [2.45, 2.75) is 24.8 Å². The Morgan fingerprint density at radius 1 is 0.960 bits per heavy atom. The van der Waals surface area contributed by atoms with Gasteiger partial charge in [0.15, 0.2) is 0 Å². The van der Waals surface area contributed by atoms with Crippen molar-refractivity contribution >= 4 is 23.2 Å². The lowest BCUT2D eigenvalue weighted by Crippen LogP contribution is -2.24. The summed E-state index contributed by atoms with van der Waals surface area (Å²) in [6, 6.07) is 12.8. The Balaban J connectivity index is 1.80. The Bertz CT molecular complexity index is 892. The van der Waals surface area contributed by atoms with E-state index in [0.29, 0.717) is 22.0 Å². The zero-order valence-corrected chi connectivity index (χ0v) is 15.3. The molecule has 6 heteroatoms. The molecule has 2 aromatic carbocycles. The fourth-order valence-electron chi connectivity index (χ4n) is 3.70. The molecular formula is C19H18Cl2N4. The number of nitrogens with zero attached hydrogens (tertiary/aromatic N) is 3. The number of aromatic nitrogens is 3. The van der Waals surface area contributed by atoms with Crippen LogP contribution in [0.3, 0.4) is 0 Å². The zero-order chi connectivity index (χ0) is 17.4. The summed E-state index contributed by atoms with van der Waals surface area (Å²) in [4.78, 5) is 0. The Kier molecular flexibility index (Phi) is 4.50. The van der Waals surface area contributed by atoms with Crippen molar-refractivity contribution in [2.75, 3.05) is 7.05 Å². The summed E-state index contributed by atoms with van der Waals surface area (Å²) in [6.45, 7) is 0. The maximum Gasteiger partial charge on any atom is 0.123 e. The van der Waals surface area contributed by atoms with Gasteiger partial charge >= 0.3 is 0 Å². The lowest BCUT2D eigenvalue weighted by atomic mass is 9.76. The number of hydrogen-bond donors (Lipinski definition) is 1. The second kappa shape index (κ2) is 6.79. The van der Waals surface area contributed by atoms with Gasteiger partial charge in [0.05, 0.1) is 10.0 Å². The number of nitrogens with one attached hydrogen (secondary N) is 1. The molecule has 0 radical (unpaired) electrons. The van der Waals surface area contributed by atoms with Gasteiger partial charge in [-0.15, -0.1) is 10.2 Å². The highest BCUT2D eigenvalue weighted by molar-refractivity contribution is 6.42. The van der Waals surface area contributed by atoms with Gasteiger partial charge in [0.25, 0.3) is 0 Å². The molecule has 0 aliphatic heterocycles. The Morgan fingerprint density at radius 2 is 1.76 bits per heavy atom. The van der Waals surface area contributed by atoms with Gasteiger partial charge in [-0.05, 0) is 60.8 Å². The molecule has 0 saturated carbocycles. The van der Waals surface area contributed by atoms with E-state index in [2.05, 4.69) is 39.8 Å². The minimum absolute atomic E-state index is 0.323. The minimum atomic E-state index is 0.323. The van der Waals surface area contributed by atoms with Gasteiger partial charge in [-0.25, -0.2) is 0 Å². The van der Waals surface area contributed by atoms with Crippen LogP contribution in [0.15, 0.2) is 49.1 Å². The van der Waals surface area contributed by atoms with Gasteiger partial charge < -0.3 is 5.32 Å². The van der Waals surface area contributed by atoms with Crippen molar-refractivity contribution in [1.29, 1.82) is 0 Å². The van der Waals surface area contributed by atoms with Crippen LogP contribution in [0.25, 0.3) is 5.69 Å². The summed E-state index contributed by atoms with van der Waals surface area (Å²) < 4.78 is 1.93. The highest BCUT2D eigenvalue weighted by Crippen LogP contribution is 2.42. The van der Waals surface area contributed by atoms with Crippen LogP contribution >= 0.6 is 23.2 Å². The van der Waals surface area contributed by atoms with E-state index >= 15 is 0 Å². The molecule has 0 fully saturated rings. The van der Waals surface area contributed by atoms with Crippen molar-refractivity contribution in [3.05, 3.63) is 75.8 Å². The fraction of sp³-hybridized carbons (Fsp3) is 0.263. The topological polar surface area (TPSA) is 42.7 Å². The first-order valence-corrected chi connectivity index (χ1v) is 9.04. The lowest BCUT2D eigenvalue weighted by molar-refractivity contribution is 0.470.